The number of aryl methyl sites for hydroxylation is 1. The maximum Gasteiger partial charge on any atom is 0.274 e. The second-order valence-corrected chi connectivity index (χ2v) is 10.1. The molecule has 3 aromatic carbocycles. The third kappa shape index (κ3) is 5.00. The topological polar surface area (TPSA) is 42.4 Å². The molecule has 1 fully saturated rings. The number of nitrogens with zero attached hydrogens (tertiary/aromatic N) is 5. The molecule has 0 bridgehead atoms. The van der Waals surface area contributed by atoms with Crippen molar-refractivity contribution in [2.24, 2.45) is 5.10 Å². The van der Waals surface area contributed by atoms with Crippen LogP contribution in [0, 0.1) is 6.92 Å². The lowest BCUT2D eigenvalue weighted by molar-refractivity contribution is 0.0711. The molecule has 3 aromatic rings. The molecule has 6 heteroatoms. The number of anilines is 2. The van der Waals surface area contributed by atoms with Crippen LogP contribution in [0.15, 0.2) is 77.9 Å². The molecule has 1 saturated heterocycles. The Hall–Kier alpha value is -3.64. The Morgan fingerprint density at radius 3 is 2.11 bits per heavy atom. The van der Waals surface area contributed by atoms with Gasteiger partial charge in [-0.05, 0) is 61.5 Å². The van der Waals surface area contributed by atoms with Gasteiger partial charge in [0, 0.05) is 63.6 Å². The summed E-state index contributed by atoms with van der Waals surface area (Å²) in [6.07, 6.45) is 0.687. The molecule has 0 saturated carbocycles. The number of amides is 1. The van der Waals surface area contributed by atoms with E-state index in [1.165, 1.54) is 5.69 Å². The minimum absolute atomic E-state index is 0.0688. The molecule has 1 unspecified atom stereocenters. The van der Waals surface area contributed by atoms with Gasteiger partial charge in [0.25, 0.3) is 5.91 Å². The van der Waals surface area contributed by atoms with Crippen molar-refractivity contribution in [3.63, 3.8) is 0 Å². The van der Waals surface area contributed by atoms with Gasteiger partial charge in [-0.2, -0.15) is 5.10 Å². The van der Waals surface area contributed by atoms with Gasteiger partial charge in [-0.15, -0.1) is 0 Å². The van der Waals surface area contributed by atoms with Gasteiger partial charge >= 0.3 is 0 Å². The molecule has 5 rings (SSSR count). The van der Waals surface area contributed by atoms with Crippen molar-refractivity contribution in [1.82, 2.24) is 9.91 Å². The lowest BCUT2D eigenvalue weighted by atomic mass is 9.97. The van der Waals surface area contributed by atoms with E-state index in [9.17, 15) is 4.79 Å². The van der Waals surface area contributed by atoms with E-state index >= 15 is 0 Å². The fourth-order valence-electron chi connectivity index (χ4n) is 4.88. The number of benzene rings is 3. The second-order valence-electron chi connectivity index (χ2n) is 10.1. The molecule has 1 atom stereocenters. The fourth-order valence-corrected chi connectivity index (χ4v) is 4.88. The molecule has 0 aromatic heterocycles. The zero-order chi connectivity index (χ0) is 25.2. The zero-order valence-electron chi connectivity index (χ0n) is 21.7. The van der Waals surface area contributed by atoms with Crippen LogP contribution < -0.4 is 9.80 Å². The summed E-state index contributed by atoms with van der Waals surface area (Å²) in [7, 11) is 6.24. The minimum atomic E-state index is -0.137. The van der Waals surface area contributed by atoms with E-state index in [-0.39, 0.29) is 11.9 Å². The highest BCUT2D eigenvalue weighted by molar-refractivity contribution is 6.05. The van der Waals surface area contributed by atoms with E-state index in [0.29, 0.717) is 12.0 Å². The Morgan fingerprint density at radius 2 is 1.50 bits per heavy atom. The van der Waals surface area contributed by atoms with E-state index in [2.05, 4.69) is 70.3 Å². The summed E-state index contributed by atoms with van der Waals surface area (Å²) in [6, 6.07) is 24.7. The number of hydrogen-bond acceptors (Lipinski definition) is 5. The predicted molar refractivity (Wildman–Crippen MR) is 148 cm³/mol. The van der Waals surface area contributed by atoms with Gasteiger partial charge in [0.2, 0.25) is 0 Å². The van der Waals surface area contributed by atoms with Gasteiger partial charge < -0.3 is 14.7 Å². The first kappa shape index (κ1) is 24.1. The van der Waals surface area contributed by atoms with E-state index in [0.717, 1.165) is 54.3 Å². The molecule has 0 spiro atoms. The van der Waals surface area contributed by atoms with Crippen molar-refractivity contribution < 1.29 is 4.79 Å². The lowest BCUT2D eigenvalue weighted by Crippen LogP contribution is -2.44. The van der Waals surface area contributed by atoms with Crippen molar-refractivity contribution in [1.29, 1.82) is 0 Å². The van der Waals surface area contributed by atoms with E-state index in [4.69, 9.17) is 5.10 Å². The lowest BCUT2D eigenvalue weighted by Gasteiger charge is -2.34. The quantitative estimate of drug-likeness (QED) is 0.525. The summed E-state index contributed by atoms with van der Waals surface area (Å²) in [5.41, 5.74) is 7.28. The summed E-state index contributed by atoms with van der Waals surface area (Å²) in [6.45, 7) is 6.28. The maximum absolute atomic E-state index is 13.6. The predicted octanol–water partition coefficient (Wildman–Crippen LogP) is 4.80. The second kappa shape index (κ2) is 10.2. The molecule has 0 N–H and O–H groups in total. The van der Waals surface area contributed by atoms with Gasteiger partial charge in [0.1, 0.15) is 0 Å². The smallest absolute Gasteiger partial charge is 0.274 e. The van der Waals surface area contributed by atoms with Gasteiger partial charge in [-0.25, -0.2) is 5.01 Å². The van der Waals surface area contributed by atoms with Crippen LogP contribution in [0.2, 0.25) is 0 Å². The van der Waals surface area contributed by atoms with E-state index < -0.39 is 0 Å². The summed E-state index contributed by atoms with van der Waals surface area (Å²) in [5, 5.41) is 6.57. The number of hydrazone groups is 1. The van der Waals surface area contributed by atoms with Crippen LogP contribution >= 0.6 is 0 Å². The molecule has 1 amide bonds. The molecule has 0 radical (unpaired) electrons. The Morgan fingerprint density at radius 1 is 0.861 bits per heavy atom. The van der Waals surface area contributed by atoms with Crippen LogP contribution in [-0.2, 0) is 0 Å². The standard InChI is InChI=1S/C30H35N5O/c1-22-5-7-25(8-6-22)30(36)35-29(24-11-13-26(14-12-24)32(2)3)21-28(31-35)23-9-15-27(16-10-23)34-19-17-33(4)18-20-34/h5-16,29H,17-21H2,1-4H3. The SMILES string of the molecule is Cc1ccc(C(=O)N2N=C(c3ccc(N4CCN(C)CC4)cc3)CC2c2ccc(N(C)C)cc2)cc1. The first-order chi connectivity index (χ1) is 17.4. The van der Waals surface area contributed by atoms with Gasteiger partial charge in [-0.1, -0.05) is 42.0 Å². The van der Waals surface area contributed by atoms with Crippen molar-refractivity contribution in [2.45, 2.75) is 19.4 Å². The van der Waals surface area contributed by atoms with Gasteiger partial charge in [0.15, 0.2) is 0 Å². The molecule has 6 nitrogen and oxygen atoms in total. The summed E-state index contributed by atoms with van der Waals surface area (Å²) < 4.78 is 0. The normalized spacial score (nSPS) is 18.3. The minimum Gasteiger partial charge on any atom is -0.378 e. The van der Waals surface area contributed by atoms with Gasteiger partial charge in [0.05, 0.1) is 11.8 Å². The van der Waals surface area contributed by atoms with Crippen LogP contribution in [0.5, 0.6) is 0 Å². The number of carbonyl (C=O) groups is 1. The largest absolute Gasteiger partial charge is 0.378 e. The molecule has 2 aliphatic heterocycles. The van der Waals surface area contributed by atoms with Crippen LogP contribution in [0.3, 0.4) is 0 Å². The number of likely N-dealkylation sites (N-methyl/N-ethyl adjacent to an activating group) is 1. The van der Waals surface area contributed by atoms with Crippen LogP contribution in [0.4, 0.5) is 11.4 Å². The maximum atomic E-state index is 13.6. The summed E-state index contributed by atoms with van der Waals surface area (Å²) >= 11 is 0. The Balaban J connectivity index is 1.42. The Kier molecular flexibility index (Phi) is 6.79. The monoisotopic (exact) mass is 481 g/mol. The zero-order valence-corrected chi connectivity index (χ0v) is 21.7. The fraction of sp³-hybridized carbons (Fsp3) is 0.333. The third-order valence-electron chi connectivity index (χ3n) is 7.28. The van der Waals surface area contributed by atoms with Gasteiger partial charge in [-0.3, -0.25) is 4.79 Å². The number of carbonyl (C=O) groups excluding carboxylic acids is 1. The Labute approximate surface area is 214 Å². The van der Waals surface area contributed by atoms with Crippen LogP contribution in [0.25, 0.3) is 0 Å². The molecular weight excluding hydrogens is 446 g/mol. The highest BCUT2D eigenvalue weighted by Crippen LogP contribution is 2.35. The van der Waals surface area contributed by atoms with Crippen molar-refractivity contribution in [3.05, 3.63) is 95.1 Å². The third-order valence-corrected chi connectivity index (χ3v) is 7.28. The number of rotatable bonds is 5. The first-order valence-electron chi connectivity index (χ1n) is 12.7. The Bertz CT molecular complexity index is 1220. The first-order valence-corrected chi connectivity index (χ1v) is 12.7. The van der Waals surface area contributed by atoms with Crippen LogP contribution in [0.1, 0.15) is 39.5 Å². The highest BCUT2D eigenvalue weighted by atomic mass is 16.2. The van der Waals surface area contributed by atoms with E-state index in [1.54, 1.807) is 5.01 Å². The molecule has 36 heavy (non-hydrogen) atoms. The molecular formula is C30H35N5O. The average Bonchev–Trinajstić information content (AvgIpc) is 3.35. The number of hydrogen-bond donors (Lipinski definition) is 0. The van der Waals surface area contributed by atoms with Crippen molar-refractivity contribution >= 4 is 23.0 Å². The van der Waals surface area contributed by atoms with E-state index in [1.807, 2.05) is 45.3 Å². The molecule has 2 aliphatic rings. The average molecular weight is 482 g/mol. The summed E-state index contributed by atoms with van der Waals surface area (Å²) in [4.78, 5) is 20.5. The van der Waals surface area contributed by atoms with Crippen molar-refractivity contribution in [3.8, 4) is 0 Å². The van der Waals surface area contributed by atoms with Crippen LogP contribution in [-0.4, -0.2) is 68.8 Å². The molecule has 2 heterocycles. The van der Waals surface area contributed by atoms with Crippen molar-refractivity contribution in [2.75, 3.05) is 57.1 Å². The molecule has 0 aliphatic carbocycles. The summed E-state index contributed by atoms with van der Waals surface area (Å²) in [5.74, 6) is -0.0688. The number of piperazine rings is 1. The highest BCUT2D eigenvalue weighted by Gasteiger charge is 2.33. The molecule has 186 valence electrons.